The minimum Gasteiger partial charge on any atom is -0.494 e. The zero-order valence-corrected chi connectivity index (χ0v) is 21.2. The lowest BCUT2D eigenvalue weighted by Crippen LogP contribution is -2.53. The lowest BCUT2D eigenvalue weighted by Gasteiger charge is -2.43. The van der Waals surface area contributed by atoms with Gasteiger partial charge in [-0.25, -0.2) is 15.0 Å². The van der Waals surface area contributed by atoms with Crippen molar-refractivity contribution in [2.75, 3.05) is 80.5 Å². The molecule has 2 aromatic rings. The van der Waals surface area contributed by atoms with E-state index in [0.29, 0.717) is 18.5 Å². The second-order valence-electron chi connectivity index (χ2n) is 10.3. The Kier molecular flexibility index (Phi) is 6.73. The number of nitrogens with zero attached hydrogens (tertiary/aromatic N) is 6. The van der Waals surface area contributed by atoms with E-state index < -0.39 is 0 Å². The van der Waals surface area contributed by atoms with Gasteiger partial charge in [0.1, 0.15) is 17.9 Å². The Balaban J connectivity index is 1.10. The standard InChI is InChI=1S/C26H38N8O2/c1-35-24-16-23(33-8-5-20(6-9-33)32-12-10-31(11-13-32)19-3-4-19)21(27)15-22(24)30-25-17-26(29-18-28-25)34-7-2-14-36-34/h15-20H,2-14,27H2,1H3,(H,28,29,30). The van der Waals surface area contributed by atoms with Crippen LogP contribution in [-0.2, 0) is 4.84 Å². The largest absolute Gasteiger partial charge is 0.494 e. The van der Waals surface area contributed by atoms with Gasteiger partial charge in [0, 0.05) is 70.0 Å². The van der Waals surface area contributed by atoms with Crippen molar-refractivity contribution >= 4 is 28.7 Å². The van der Waals surface area contributed by atoms with E-state index in [-0.39, 0.29) is 0 Å². The van der Waals surface area contributed by atoms with Gasteiger partial charge in [-0.1, -0.05) is 0 Å². The van der Waals surface area contributed by atoms with Gasteiger partial charge in [-0.05, 0) is 38.2 Å². The van der Waals surface area contributed by atoms with Crippen LogP contribution in [0, 0.1) is 0 Å². The first-order valence-corrected chi connectivity index (χ1v) is 13.4. The molecule has 1 saturated carbocycles. The Bertz CT molecular complexity index is 1040. The van der Waals surface area contributed by atoms with Crippen LogP contribution in [0.3, 0.4) is 0 Å². The van der Waals surface area contributed by atoms with Crippen molar-refractivity contribution in [3.63, 3.8) is 0 Å². The van der Waals surface area contributed by atoms with Gasteiger partial charge in [-0.2, -0.15) is 0 Å². The molecule has 4 fully saturated rings. The number of nitrogens with two attached hydrogens (primary N) is 1. The summed E-state index contributed by atoms with van der Waals surface area (Å²) in [6.45, 7) is 8.47. The highest BCUT2D eigenvalue weighted by Crippen LogP contribution is 2.38. The number of nitrogens with one attached hydrogen (secondary N) is 1. The van der Waals surface area contributed by atoms with Gasteiger partial charge in [0.05, 0.1) is 30.8 Å². The average Bonchev–Trinajstić information content (AvgIpc) is 3.62. The third kappa shape index (κ3) is 5.02. The van der Waals surface area contributed by atoms with Crippen LogP contribution in [0.1, 0.15) is 32.1 Å². The van der Waals surface area contributed by atoms with E-state index in [1.165, 1.54) is 51.9 Å². The molecule has 36 heavy (non-hydrogen) atoms. The van der Waals surface area contributed by atoms with Crippen LogP contribution in [0.5, 0.6) is 5.75 Å². The average molecular weight is 495 g/mol. The maximum Gasteiger partial charge on any atom is 0.157 e. The smallest absolute Gasteiger partial charge is 0.157 e. The molecule has 3 saturated heterocycles. The number of anilines is 5. The SMILES string of the molecule is COc1cc(N2CCC(N3CCN(C4CC4)CC3)CC2)c(N)cc1Nc1cc(N2CCCO2)ncn1. The molecule has 0 amide bonds. The molecule has 6 rings (SSSR count). The fourth-order valence-electron chi connectivity index (χ4n) is 5.82. The summed E-state index contributed by atoms with van der Waals surface area (Å²) < 4.78 is 5.75. The molecule has 10 heteroatoms. The Morgan fingerprint density at radius 3 is 2.28 bits per heavy atom. The highest BCUT2D eigenvalue weighted by atomic mass is 16.7. The maximum atomic E-state index is 6.57. The van der Waals surface area contributed by atoms with Gasteiger partial charge in [-0.15, -0.1) is 0 Å². The fraction of sp³-hybridized carbons (Fsp3) is 0.615. The molecule has 3 aliphatic heterocycles. The minimum absolute atomic E-state index is 0.670. The Morgan fingerprint density at radius 1 is 0.917 bits per heavy atom. The van der Waals surface area contributed by atoms with E-state index in [1.54, 1.807) is 18.5 Å². The topological polar surface area (TPSA) is 95.2 Å². The number of hydrogen-bond acceptors (Lipinski definition) is 10. The van der Waals surface area contributed by atoms with Gasteiger partial charge in [0.15, 0.2) is 5.82 Å². The predicted molar refractivity (Wildman–Crippen MR) is 142 cm³/mol. The van der Waals surface area contributed by atoms with Gasteiger partial charge in [0.2, 0.25) is 0 Å². The number of piperazine rings is 1. The number of benzene rings is 1. The van der Waals surface area contributed by atoms with Crippen molar-refractivity contribution < 1.29 is 9.57 Å². The zero-order valence-electron chi connectivity index (χ0n) is 21.2. The Morgan fingerprint density at radius 2 is 1.64 bits per heavy atom. The maximum absolute atomic E-state index is 6.57. The first kappa shape index (κ1) is 23.6. The molecule has 0 spiro atoms. The van der Waals surface area contributed by atoms with E-state index in [1.807, 2.05) is 12.1 Å². The van der Waals surface area contributed by atoms with E-state index in [4.69, 9.17) is 15.3 Å². The van der Waals surface area contributed by atoms with Crippen LogP contribution in [0.2, 0.25) is 0 Å². The third-order valence-electron chi connectivity index (χ3n) is 8.01. The molecule has 10 nitrogen and oxygen atoms in total. The number of hydrogen-bond donors (Lipinski definition) is 2. The van der Waals surface area contributed by atoms with E-state index >= 15 is 0 Å². The molecule has 0 radical (unpaired) electrons. The molecule has 4 heterocycles. The molecule has 194 valence electrons. The number of nitrogen functional groups attached to an aromatic ring is 1. The zero-order chi connectivity index (χ0) is 24.5. The highest BCUT2D eigenvalue weighted by Gasteiger charge is 2.34. The number of ether oxygens (including phenoxy) is 1. The molecular weight excluding hydrogens is 456 g/mol. The second kappa shape index (κ2) is 10.3. The summed E-state index contributed by atoms with van der Waals surface area (Å²) in [6, 6.07) is 7.45. The summed E-state index contributed by atoms with van der Waals surface area (Å²) in [6.07, 6.45) is 7.70. The van der Waals surface area contributed by atoms with Crippen molar-refractivity contribution in [1.82, 2.24) is 19.8 Å². The second-order valence-corrected chi connectivity index (χ2v) is 10.3. The molecule has 1 aromatic heterocycles. The molecule has 0 atom stereocenters. The third-order valence-corrected chi connectivity index (χ3v) is 8.01. The van der Waals surface area contributed by atoms with Crippen molar-refractivity contribution in [2.45, 2.75) is 44.2 Å². The lowest BCUT2D eigenvalue weighted by molar-refractivity contribution is 0.0809. The summed E-state index contributed by atoms with van der Waals surface area (Å²) >= 11 is 0. The minimum atomic E-state index is 0.670. The quantitative estimate of drug-likeness (QED) is 0.560. The van der Waals surface area contributed by atoms with Crippen LogP contribution in [0.25, 0.3) is 0 Å². The van der Waals surface area contributed by atoms with Crippen LogP contribution in [0.4, 0.5) is 28.7 Å². The summed E-state index contributed by atoms with van der Waals surface area (Å²) in [4.78, 5) is 22.1. The van der Waals surface area contributed by atoms with Crippen LogP contribution in [-0.4, -0.2) is 91.4 Å². The number of aromatic nitrogens is 2. The van der Waals surface area contributed by atoms with Crippen molar-refractivity contribution in [2.24, 2.45) is 0 Å². The summed E-state index contributed by atoms with van der Waals surface area (Å²) in [5.74, 6) is 2.16. The first-order chi connectivity index (χ1) is 17.7. The number of methoxy groups -OCH3 is 1. The predicted octanol–water partition coefficient (Wildman–Crippen LogP) is 2.70. The molecule has 3 N–H and O–H groups in total. The molecule has 1 aliphatic carbocycles. The van der Waals surface area contributed by atoms with Crippen LogP contribution in [0.15, 0.2) is 24.5 Å². The Labute approximate surface area is 213 Å². The molecule has 0 unspecified atom stereocenters. The summed E-state index contributed by atoms with van der Waals surface area (Å²) in [7, 11) is 1.69. The van der Waals surface area contributed by atoms with Crippen LogP contribution >= 0.6 is 0 Å². The number of piperidine rings is 1. The number of hydroxylamine groups is 1. The summed E-state index contributed by atoms with van der Waals surface area (Å²) in [5, 5.41) is 5.16. The van der Waals surface area contributed by atoms with Crippen molar-refractivity contribution in [1.29, 1.82) is 0 Å². The highest BCUT2D eigenvalue weighted by molar-refractivity contribution is 5.79. The van der Waals surface area contributed by atoms with Gasteiger partial charge in [-0.3, -0.25) is 14.6 Å². The Hall–Kier alpha value is -2.82. The number of rotatable bonds is 7. The van der Waals surface area contributed by atoms with E-state index in [0.717, 1.165) is 60.7 Å². The van der Waals surface area contributed by atoms with E-state index in [2.05, 4.69) is 36.1 Å². The van der Waals surface area contributed by atoms with Crippen LogP contribution < -0.4 is 25.8 Å². The normalized spacial score (nSPS) is 22.2. The van der Waals surface area contributed by atoms with Crippen molar-refractivity contribution in [3.05, 3.63) is 24.5 Å². The first-order valence-electron chi connectivity index (χ1n) is 13.4. The van der Waals surface area contributed by atoms with E-state index in [9.17, 15) is 0 Å². The molecular formula is C26H38N8O2. The fourth-order valence-corrected chi connectivity index (χ4v) is 5.82. The lowest BCUT2D eigenvalue weighted by atomic mass is 10.0. The monoisotopic (exact) mass is 494 g/mol. The molecule has 0 bridgehead atoms. The van der Waals surface area contributed by atoms with Gasteiger partial charge >= 0.3 is 0 Å². The molecule has 1 aromatic carbocycles. The van der Waals surface area contributed by atoms with Gasteiger partial charge < -0.3 is 20.7 Å². The molecule has 4 aliphatic rings. The van der Waals surface area contributed by atoms with Gasteiger partial charge in [0.25, 0.3) is 0 Å². The summed E-state index contributed by atoms with van der Waals surface area (Å²) in [5.41, 5.74) is 9.15. The van der Waals surface area contributed by atoms with Crippen molar-refractivity contribution in [3.8, 4) is 5.75 Å².